The van der Waals surface area contributed by atoms with Crippen LogP contribution in [0, 0.1) is 12.3 Å². The van der Waals surface area contributed by atoms with Crippen molar-refractivity contribution in [2.45, 2.75) is 59.0 Å². The molecule has 0 radical (unpaired) electrons. The minimum Gasteiger partial charge on any atom is -0.340 e. The molecule has 3 rings (SSSR count). The van der Waals surface area contributed by atoms with E-state index in [1.54, 1.807) is 11.3 Å². The van der Waals surface area contributed by atoms with Crippen LogP contribution in [0.15, 0.2) is 5.38 Å². The standard InChI is InChI=1S/C17H27N3OS/c1-13(2)20-12-17(7-5-16(20)21)6-4-8-19(11-17)9-15-10-22-14(3)18-15/h10,13H,4-9,11-12H2,1-3H3/t17-/m1/s1. The molecule has 0 unspecified atom stereocenters. The fraction of sp³-hybridized carbons (Fsp3) is 0.765. The summed E-state index contributed by atoms with van der Waals surface area (Å²) in [6.45, 7) is 10.5. The summed E-state index contributed by atoms with van der Waals surface area (Å²) in [7, 11) is 0. The van der Waals surface area contributed by atoms with Crippen LogP contribution in [0.25, 0.3) is 0 Å². The maximum Gasteiger partial charge on any atom is 0.222 e. The number of hydrogen-bond donors (Lipinski definition) is 0. The number of carbonyl (C=O) groups is 1. The van der Waals surface area contributed by atoms with Crippen LogP contribution in [0.2, 0.25) is 0 Å². The molecule has 2 fully saturated rings. The highest BCUT2D eigenvalue weighted by Crippen LogP contribution is 2.39. The molecule has 22 heavy (non-hydrogen) atoms. The molecule has 2 aliphatic heterocycles. The summed E-state index contributed by atoms with van der Waals surface area (Å²) in [6, 6.07) is 0.321. The average molecular weight is 321 g/mol. The largest absolute Gasteiger partial charge is 0.340 e. The number of likely N-dealkylation sites (tertiary alicyclic amines) is 2. The number of nitrogens with zero attached hydrogens (tertiary/aromatic N) is 3. The second-order valence-electron chi connectivity index (χ2n) is 7.29. The van der Waals surface area contributed by atoms with Crippen molar-refractivity contribution in [2.24, 2.45) is 5.41 Å². The zero-order chi connectivity index (χ0) is 15.7. The van der Waals surface area contributed by atoms with Gasteiger partial charge in [-0.3, -0.25) is 9.69 Å². The van der Waals surface area contributed by atoms with Gasteiger partial charge in [0.2, 0.25) is 5.91 Å². The number of aromatic nitrogens is 1. The van der Waals surface area contributed by atoms with E-state index in [9.17, 15) is 4.79 Å². The molecule has 0 aliphatic carbocycles. The predicted octanol–water partition coefficient (Wildman–Crippen LogP) is 3.06. The molecular formula is C17H27N3OS. The normalized spacial score (nSPS) is 27.1. The zero-order valence-electron chi connectivity index (χ0n) is 14.0. The van der Waals surface area contributed by atoms with Gasteiger partial charge in [-0.1, -0.05) is 0 Å². The third kappa shape index (κ3) is 3.35. The molecule has 0 bridgehead atoms. The molecule has 5 heteroatoms. The van der Waals surface area contributed by atoms with Crippen LogP contribution in [0.1, 0.15) is 50.2 Å². The van der Waals surface area contributed by atoms with E-state index in [0.717, 1.165) is 44.0 Å². The van der Waals surface area contributed by atoms with E-state index < -0.39 is 0 Å². The SMILES string of the molecule is Cc1nc(CN2CCC[C@@]3(CCC(=O)N(C(C)C)C3)C2)cs1. The number of thiazole rings is 1. The van der Waals surface area contributed by atoms with Crippen molar-refractivity contribution in [1.29, 1.82) is 0 Å². The second-order valence-corrected chi connectivity index (χ2v) is 8.35. The molecule has 3 heterocycles. The highest BCUT2D eigenvalue weighted by Gasteiger charge is 2.42. The smallest absolute Gasteiger partial charge is 0.222 e. The van der Waals surface area contributed by atoms with E-state index in [-0.39, 0.29) is 0 Å². The number of aryl methyl sites for hydroxylation is 1. The number of piperidine rings is 2. The monoisotopic (exact) mass is 321 g/mol. The van der Waals surface area contributed by atoms with E-state index in [1.807, 2.05) is 0 Å². The molecule has 1 aromatic heterocycles. The van der Waals surface area contributed by atoms with Crippen LogP contribution in [-0.4, -0.2) is 46.4 Å². The van der Waals surface area contributed by atoms with Crippen LogP contribution in [-0.2, 0) is 11.3 Å². The molecule has 2 saturated heterocycles. The predicted molar refractivity (Wildman–Crippen MR) is 89.9 cm³/mol. The third-order valence-electron chi connectivity index (χ3n) is 5.11. The van der Waals surface area contributed by atoms with Gasteiger partial charge in [-0.25, -0.2) is 4.98 Å². The summed E-state index contributed by atoms with van der Waals surface area (Å²) >= 11 is 1.73. The molecule has 1 atom stereocenters. The summed E-state index contributed by atoms with van der Waals surface area (Å²) < 4.78 is 0. The molecule has 1 spiro atoms. The average Bonchev–Trinajstić information content (AvgIpc) is 2.87. The van der Waals surface area contributed by atoms with Crippen LogP contribution in [0.5, 0.6) is 0 Å². The first-order chi connectivity index (χ1) is 10.5. The molecule has 0 N–H and O–H groups in total. The van der Waals surface area contributed by atoms with Crippen molar-refractivity contribution in [3.05, 3.63) is 16.1 Å². The van der Waals surface area contributed by atoms with Gasteiger partial charge < -0.3 is 4.90 Å². The lowest BCUT2D eigenvalue weighted by molar-refractivity contribution is -0.141. The van der Waals surface area contributed by atoms with Gasteiger partial charge in [0.15, 0.2) is 0 Å². The fourth-order valence-corrected chi connectivity index (χ4v) is 4.61. The second kappa shape index (κ2) is 6.28. The number of carbonyl (C=O) groups excluding carboxylic acids is 1. The number of rotatable bonds is 3. The first-order valence-corrected chi connectivity index (χ1v) is 9.28. The lowest BCUT2D eigenvalue weighted by atomic mass is 9.73. The third-order valence-corrected chi connectivity index (χ3v) is 5.93. The van der Waals surface area contributed by atoms with Crippen molar-refractivity contribution < 1.29 is 4.79 Å². The fourth-order valence-electron chi connectivity index (χ4n) is 4.00. The first kappa shape index (κ1) is 15.9. The van der Waals surface area contributed by atoms with Crippen molar-refractivity contribution in [2.75, 3.05) is 19.6 Å². The van der Waals surface area contributed by atoms with E-state index in [4.69, 9.17) is 0 Å². The summed E-state index contributed by atoms with van der Waals surface area (Å²) in [5.74, 6) is 0.341. The Bertz CT molecular complexity index is 542. The molecular weight excluding hydrogens is 294 g/mol. The minimum atomic E-state index is 0.307. The van der Waals surface area contributed by atoms with Crippen LogP contribution >= 0.6 is 11.3 Å². The lowest BCUT2D eigenvalue weighted by Crippen LogP contribution is -2.55. The summed E-state index contributed by atoms with van der Waals surface area (Å²) in [5, 5.41) is 3.33. The molecule has 1 aromatic rings. The topological polar surface area (TPSA) is 36.4 Å². The van der Waals surface area contributed by atoms with Crippen LogP contribution < -0.4 is 0 Å². The molecule has 0 aromatic carbocycles. The quantitative estimate of drug-likeness (QED) is 0.858. The Hall–Kier alpha value is -0.940. The first-order valence-electron chi connectivity index (χ1n) is 8.40. The zero-order valence-corrected chi connectivity index (χ0v) is 14.8. The van der Waals surface area contributed by atoms with Gasteiger partial charge in [-0.15, -0.1) is 11.3 Å². The maximum atomic E-state index is 12.1. The van der Waals surface area contributed by atoms with Gasteiger partial charge in [0.25, 0.3) is 0 Å². The van der Waals surface area contributed by atoms with E-state index >= 15 is 0 Å². The van der Waals surface area contributed by atoms with Crippen molar-refractivity contribution in [3.8, 4) is 0 Å². The minimum absolute atomic E-state index is 0.307. The van der Waals surface area contributed by atoms with Gasteiger partial charge in [-0.05, 0) is 46.6 Å². The van der Waals surface area contributed by atoms with Crippen molar-refractivity contribution in [1.82, 2.24) is 14.8 Å². The van der Waals surface area contributed by atoms with Gasteiger partial charge in [0, 0.05) is 42.9 Å². The Morgan fingerprint density at radius 3 is 2.86 bits per heavy atom. The van der Waals surface area contributed by atoms with Gasteiger partial charge in [0.05, 0.1) is 10.7 Å². The Morgan fingerprint density at radius 1 is 1.36 bits per heavy atom. The van der Waals surface area contributed by atoms with Crippen LogP contribution in [0.4, 0.5) is 0 Å². The summed E-state index contributed by atoms with van der Waals surface area (Å²) in [4.78, 5) is 21.4. The Kier molecular flexibility index (Phi) is 4.55. The Morgan fingerprint density at radius 2 is 2.18 bits per heavy atom. The highest BCUT2D eigenvalue weighted by atomic mass is 32.1. The van der Waals surface area contributed by atoms with E-state index in [1.165, 1.54) is 18.5 Å². The van der Waals surface area contributed by atoms with Gasteiger partial charge in [0.1, 0.15) is 0 Å². The van der Waals surface area contributed by atoms with E-state index in [0.29, 0.717) is 17.4 Å². The van der Waals surface area contributed by atoms with Crippen LogP contribution in [0.3, 0.4) is 0 Å². The molecule has 4 nitrogen and oxygen atoms in total. The molecule has 1 amide bonds. The Balaban J connectivity index is 1.67. The van der Waals surface area contributed by atoms with E-state index in [2.05, 4.69) is 40.9 Å². The molecule has 122 valence electrons. The lowest BCUT2D eigenvalue weighted by Gasteiger charge is -2.49. The highest BCUT2D eigenvalue weighted by molar-refractivity contribution is 7.09. The molecule has 2 aliphatic rings. The number of amides is 1. The maximum absolute atomic E-state index is 12.1. The van der Waals surface area contributed by atoms with Crippen molar-refractivity contribution in [3.63, 3.8) is 0 Å². The number of hydrogen-bond acceptors (Lipinski definition) is 4. The Labute approximate surface area is 137 Å². The summed E-state index contributed by atoms with van der Waals surface area (Å²) in [6.07, 6.45) is 4.28. The van der Waals surface area contributed by atoms with Crippen molar-refractivity contribution >= 4 is 17.2 Å². The summed E-state index contributed by atoms with van der Waals surface area (Å²) in [5.41, 5.74) is 1.51. The van der Waals surface area contributed by atoms with Gasteiger partial charge >= 0.3 is 0 Å². The van der Waals surface area contributed by atoms with Gasteiger partial charge in [-0.2, -0.15) is 0 Å². The molecule has 0 saturated carbocycles.